The largest absolute Gasteiger partial charge is 0.371 e. The van der Waals surface area contributed by atoms with Crippen molar-refractivity contribution in [2.75, 3.05) is 39.1 Å². The molecule has 0 fully saturated rings. The van der Waals surface area contributed by atoms with Crippen molar-refractivity contribution in [3.05, 3.63) is 29.3 Å². The number of hydrogen-bond donors (Lipinski definition) is 1. The average molecular weight is 289 g/mol. The van der Waals surface area contributed by atoms with Crippen LogP contribution in [0.5, 0.6) is 0 Å². The van der Waals surface area contributed by atoms with Crippen LogP contribution in [0.3, 0.4) is 0 Å². The van der Waals surface area contributed by atoms with E-state index in [2.05, 4.69) is 35.3 Å². The van der Waals surface area contributed by atoms with Crippen LogP contribution in [-0.4, -0.2) is 45.0 Å². The monoisotopic (exact) mass is 289 g/mol. The normalized spacial score (nSPS) is 15.0. The number of carbonyl (C=O) groups is 1. The average Bonchev–Trinajstić information content (AvgIpc) is 2.88. The number of rotatable bonds is 6. The zero-order chi connectivity index (χ0) is 15.4. The summed E-state index contributed by atoms with van der Waals surface area (Å²) in [5, 5.41) is 3.29. The maximum absolute atomic E-state index is 11.6. The molecule has 0 radical (unpaired) electrons. The van der Waals surface area contributed by atoms with Crippen LogP contribution in [0.25, 0.3) is 0 Å². The third-order valence-corrected chi connectivity index (χ3v) is 4.35. The molecule has 1 amide bonds. The number of fused-ring (bicyclic) bond motifs is 1. The lowest BCUT2D eigenvalue weighted by molar-refractivity contribution is -0.128. The molecule has 1 aliphatic heterocycles. The Morgan fingerprint density at radius 2 is 2.19 bits per heavy atom. The van der Waals surface area contributed by atoms with Gasteiger partial charge in [0.1, 0.15) is 0 Å². The zero-order valence-electron chi connectivity index (χ0n) is 13.6. The van der Waals surface area contributed by atoms with Gasteiger partial charge in [-0.2, -0.15) is 0 Å². The van der Waals surface area contributed by atoms with E-state index in [9.17, 15) is 4.79 Å². The van der Waals surface area contributed by atoms with Crippen molar-refractivity contribution in [2.45, 2.75) is 32.2 Å². The Morgan fingerprint density at radius 3 is 2.86 bits per heavy atom. The highest BCUT2D eigenvalue weighted by atomic mass is 16.2. The summed E-state index contributed by atoms with van der Waals surface area (Å²) in [6.07, 6.45) is 2.67. The second-order valence-corrected chi connectivity index (χ2v) is 6.03. The van der Waals surface area contributed by atoms with Gasteiger partial charge in [-0.1, -0.05) is 12.1 Å². The van der Waals surface area contributed by atoms with Crippen LogP contribution in [0.4, 0.5) is 5.69 Å². The van der Waals surface area contributed by atoms with E-state index in [4.69, 9.17) is 0 Å². The minimum atomic E-state index is 0.215. The van der Waals surface area contributed by atoms with Crippen LogP contribution >= 0.6 is 0 Å². The highest BCUT2D eigenvalue weighted by Gasteiger charge is 2.20. The maximum Gasteiger partial charge on any atom is 0.222 e. The van der Waals surface area contributed by atoms with Crippen molar-refractivity contribution in [1.82, 2.24) is 10.2 Å². The second-order valence-electron chi connectivity index (χ2n) is 6.03. The maximum atomic E-state index is 11.6. The molecule has 1 unspecified atom stereocenters. The summed E-state index contributed by atoms with van der Waals surface area (Å²) in [7, 11) is 5.63. The topological polar surface area (TPSA) is 35.6 Å². The van der Waals surface area contributed by atoms with Gasteiger partial charge in [0.2, 0.25) is 5.91 Å². The van der Waals surface area contributed by atoms with Gasteiger partial charge in [-0.3, -0.25) is 4.79 Å². The molecule has 2 rings (SSSR count). The molecule has 1 atom stereocenters. The molecule has 0 aromatic heterocycles. The zero-order valence-corrected chi connectivity index (χ0v) is 13.6. The van der Waals surface area contributed by atoms with E-state index >= 15 is 0 Å². The SMILES string of the molecule is CNC(C)c1ccc2c(c1)CCN2CCCC(=O)N(C)C. The Hall–Kier alpha value is -1.55. The van der Waals surface area contributed by atoms with Gasteiger partial charge in [0.15, 0.2) is 0 Å². The second kappa shape index (κ2) is 6.94. The lowest BCUT2D eigenvalue weighted by Gasteiger charge is -2.20. The Bertz CT molecular complexity index is 499. The summed E-state index contributed by atoms with van der Waals surface area (Å²) in [5.41, 5.74) is 4.13. The Morgan fingerprint density at radius 1 is 1.43 bits per heavy atom. The number of anilines is 1. The van der Waals surface area contributed by atoms with E-state index in [0.717, 1.165) is 25.9 Å². The molecule has 1 aliphatic rings. The molecule has 4 heteroatoms. The molecule has 1 aromatic rings. The Balaban J connectivity index is 1.94. The fourth-order valence-corrected chi connectivity index (χ4v) is 2.80. The first-order valence-corrected chi connectivity index (χ1v) is 7.78. The van der Waals surface area contributed by atoms with Crippen molar-refractivity contribution >= 4 is 11.6 Å². The highest BCUT2D eigenvalue weighted by Crippen LogP contribution is 2.30. The first kappa shape index (κ1) is 15.8. The molecular formula is C17H27N3O. The lowest BCUT2D eigenvalue weighted by Crippen LogP contribution is -2.25. The van der Waals surface area contributed by atoms with Gasteiger partial charge < -0.3 is 15.1 Å². The van der Waals surface area contributed by atoms with E-state index in [1.54, 1.807) is 4.90 Å². The number of hydrogen-bond acceptors (Lipinski definition) is 3. The molecule has 0 saturated heterocycles. The minimum absolute atomic E-state index is 0.215. The highest BCUT2D eigenvalue weighted by molar-refractivity contribution is 5.75. The number of benzene rings is 1. The first-order valence-electron chi connectivity index (χ1n) is 7.78. The third kappa shape index (κ3) is 3.76. The summed E-state index contributed by atoms with van der Waals surface area (Å²) in [6.45, 7) is 4.22. The summed E-state index contributed by atoms with van der Waals surface area (Å²) in [5.74, 6) is 0.215. The molecule has 116 valence electrons. The molecule has 1 heterocycles. The number of nitrogens with zero attached hydrogens (tertiary/aromatic N) is 2. The van der Waals surface area contributed by atoms with Gasteiger partial charge in [-0.15, -0.1) is 0 Å². The van der Waals surface area contributed by atoms with Crippen molar-refractivity contribution in [1.29, 1.82) is 0 Å². The smallest absolute Gasteiger partial charge is 0.222 e. The van der Waals surface area contributed by atoms with Crippen molar-refractivity contribution in [3.63, 3.8) is 0 Å². The lowest BCUT2D eigenvalue weighted by atomic mass is 10.0. The summed E-state index contributed by atoms with van der Waals surface area (Å²) in [4.78, 5) is 15.7. The Kier molecular flexibility index (Phi) is 5.23. The molecule has 0 saturated carbocycles. The van der Waals surface area contributed by atoms with Crippen LogP contribution in [0.2, 0.25) is 0 Å². The van der Waals surface area contributed by atoms with E-state index in [0.29, 0.717) is 12.5 Å². The van der Waals surface area contributed by atoms with Gasteiger partial charge in [0, 0.05) is 45.3 Å². The van der Waals surface area contributed by atoms with Crippen LogP contribution in [0.15, 0.2) is 18.2 Å². The van der Waals surface area contributed by atoms with Crippen LogP contribution < -0.4 is 10.2 Å². The van der Waals surface area contributed by atoms with Gasteiger partial charge in [0.25, 0.3) is 0 Å². The van der Waals surface area contributed by atoms with Gasteiger partial charge in [0.05, 0.1) is 0 Å². The molecule has 1 N–H and O–H groups in total. The quantitative estimate of drug-likeness (QED) is 0.872. The fourth-order valence-electron chi connectivity index (χ4n) is 2.80. The summed E-state index contributed by atoms with van der Waals surface area (Å²) >= 11 is 0. The van der Waals surface area contributed by atoms with Gasteiger partial charge >= 0.3 is 0 Å². The molecule has 4 nitrogen and oxygen atoms in total. The van der Waals surface area contributed by atoms with E-state index in [1.165, 1.54) is 16.8 Å². The molecular weight excluding hydrogens is 262 g/mol. The first-order chi connectivity index (χ1) is 10.0. The van der Waals surface area contributed by atoms with E-state index in [-0.39, 0.29) is 5.91 Å². The number of carbonyl (C=O) groups excluding carboxylic acids is 1. The molecule has 21 heavy (non-hydrogen) atoms. The Labute approximate surface area is 128 Å². The predicted octanol–water partition coefficient (Wildman–Crippen LogP) is 2.20. The summed E-state index contributed by atoms with van der Waals surface area (Å²) < 4.78 is 0. The molecule has 0 spiro atoms. The third-order valence-electron chi connectivity index (χ3n) is 4.35. The minimum Gasteiger partial charge on any atom is -0.371 e. The van der Waals surface area contributed by atoms with Crippen molar-refractivity contribution < 1.29 is 4.79 Å². The van der Waals surface area contributed by atoms with Crippen molar-refractivity contribution in [3.8, 4) is 0 Å². The summed E-state index contributed by atoms with van der Waals surface area (Å²) in [6, 6.07) is 7.16. The van der Waals surface area contributed by atoms with Gasteiger partial charge in [-0.05, 0) is 44.0 Å². The predicted molar refractivity (Wildman–Crippen MR) is 87.8 cm³/mol. The van der Waals surface area contributed by atoms with Crippen molar-refractivity contribution in [2.24, 2.45) is 0 Å². The number of amides is 1. The van der Waals surface area contributed by atoms with Crippen LogP contribution in [-0.2, 0) is 11.2 Å². The van der Waals surface area contributed by atoms with E-state index < -0.39 is 0 Å². The number of nitrogens with one attached hydrogen (secondary N) is 1. The standard InChI is InChI=1S/C17H27N3O/c1-13(18-2)14-7-8-16-15(12-14)9-11-20(16)10-5-6-17(21)19(3)4/h7-8,12-13,18H,5-6,9-11H2,1-4H3. The van der Waals surface area contributed by atoms with Gasteiger partial charge in [-0.25, -0.2) is 0 Å². The van der Waals surface area contributed by atoms with E-state index in [1.807, 2.05) is 21.1 Å². The molecule has 1 aromatic carbocycles. The van der Waals surface area contributed by atoms with Crippen LogP contribution in [0, 0.1) is 0 Å². The fraction of sp³-hybridized carbons (Fsp3) is 0.588. The molecule has 0 aliphatic carbocycles. The molecule has 0 bridgehead atoms. The van der Waals surface area contributed by atoms with Crippen LogP contribution in [0.1, 0.15) is 36.9 Å².